The first kappa shape index (κ1) is 45.9. The molecule has 0 aromatic heterocycles. The highest BCUT2D eigenvalue weighted by Crippen LogP contribution is 2.70. The van der Waals surface area contributed by atoms with E-state index in [4.69, 9.17) is 0 Å². The Balaban J connectivity index is 1.51. The molecule has 326 valence electrons. The van der Waals surface area contributed by atoms with Crippen LogP contribution in [0.3, 0.4) is 0 Å². The van der Waals surface area contributed by atoms with Gasteiger partial charge in [0.25, 0.3) is 0 Å². The van der Waals surface area contributed by atoms with Crippen LogP contribution in [-0.2, 0) is 0 Å². The highest BCUT2D eigenvalue weighted by Gasteiger charge is 2.41. The Morgan fingerprint density at radius 3 is 0.581 bits per heavy atom. The van der Waals surface area contributed by atoms with Crippen molar-refractivity contribution in [3.8, 4) is 0 Å². The molecular formula is C56H72N4P2. The second-order valence-corrected chi connectivity index (χ2v) is 22.9. The lowest BCUT2D eigenvalue weighted by Gasteiger charge is -2.39. The number of benzene rings is 4. The molecule has 4 aromatic carbocycles. The zero-order valence-electron chi connectivity index (χ0n) is 40.5. The third-order valence-corrected chi connectivity index (χ3v) is 15.6. The van der Waals surface area contributed by atoms with Crippen molar-refractivity contribution in [3.05, 3.63) is 164 Å². The first-order valence-corrected chi connectivity index (χ1v) is 25.2. The number of nitrogens with zero attached hydrogens (tertiary/aromatic N) is 4. The average molecular weight is 863 g/mol. The lowest BCUT2D eigenvalue weighted by molar-refractivity contribution is 0.820. The number of hydrogen-bond acceptors (Lipinski definition) is 4. The maximum atomic E-state index is 2.57. The summed E-state index contributed by atoms with van der Waals surface area (Å²) in [6, 6.07) is 27.9. The molecule has 0 saturated carbocycles. The molecule has 4 aromatic rings. The van der Waals surface area contributed by atoms with Gasteiger partial charge < -0.3 is 19.6 Å². The zero-order valence-corrected chi connectivity index (χ0v) is 42.3. The van der Waals surface area contributed by atoms with Gasteiger partial charge in [0.2, 0.25) is 0 Å². The van der Waals surface area contributed by atoms with E-state index in [1.807, 2.05) is 0 Å². The molecule has 1 fully saturated rings. The Morgan fingerprint density at radius 2 is 0.435 bits per heavy atom. The summed E-state index contributed by atoms with van der Waals surface area (Å²) in [4.78, 5) is 10.3. The summed E-state index contributed by atoms with van der Waals surface area (Å²) >= 11 is 0. The van der Waals surface area contributed by atoms with E-state index < -0.39 is 0 Å². The van der Waals surface area contributed by atoms with E-state index in [1.54, 1.807) is 0 Å². The molecule has 4 nitrogen and oxygen atoms in total. The van der Waals surface area contributed by atoms with Gasteiger partial charge in [-0.1, -0.05) is 184 Å². The molecule has 0 atom stereocenters. The van der Waals surface area contributed by atoms with Crippen molar-refractivity contribution >= 4 is 39.9 Å². The molecule has 0 N–H and O–H groups in total. The third-order valence-electron chi connectivity index (χ3n) is 12.8. The van der Waals surface area contributed by atoms with Crippen LogP contribution in [0.25, 0.3) is 0 Å². The average Bonchev–Trinajstić information content (AvgIpc) is 3.83. The van der Waals surface area contributed by atoms with E-state index in [2.05, 4.69) is 228 Å². The van der Waals surface area contributed by atoms with Crippen molar-refractivity contribution in [2.24, 2.45) is 0 Å². The van der Waals surface area contributed by atoms with E-state index in [0.29, 0.717) is 47.3 Å². The fourth-order valence-corrected chi connectivity index (χ4v) is 12.1. The summed E-state index contributed by atoms with van der Waals surface area (Å²) in [6.07, 6.45) is 9.46. The van der Waals surface area contributed by atoms with Crippen LogP contribution in [0, 0.1) is 0 Å². The SMILES string of the molecule is CC(C)c1cccc(C(C)C)c1N1C=CN(c2c(C(C)C)cccc2C(C)C)C1=C1[P]C(=C2N(c3c(C(C)C)cccc3C(C)C)C=CN2c2c(C(C)C)cccc2C(C)C)[P]1. The summed E-state index contributed by atoms with van der Waals surface area (Å²) in [5, 5.41) is 2.85. The number of anilines is 4. The van der Waals surface area contributed by atoms with Gasteiger partial charge >= 0.3 is 0 Å². The fraction of sp³-hybridized carbons (Fsp3) is 0.429. The topological polar surface area (TPSA) is 13.0 Å². The number of hydrogen-bond donors (Lipinski definition) is 0. The van der Waals surface area contributed by atoms with E-state index in [-0.39, 0.29) is 0 Å². The van der Waals surface area contributed by atoms with Crippen molar-refractivity contribution in [1.29, 1.82) is 0 Å². The number of para-hydroxylation sites is 4. The first-order chi connectivity index (χ1) is 29.4. The minimum Gasteiger partial charge on any atom is -0.300 e. The van der Waals surface area contributed by atoms with Crippen molar-refractivity contribution in [3.63, 3.8) is 0 Å². The Morgan fingerprint density at radius 1 is 0.274 bits per heavy atom. The molecule has 0 bridgehead atoms. The number of rotatable bonds is 12. The highest BCUT2D eigenvalue weighted by molar-refractivity contribution is 7.87. The minimum absolute atomic E-state index is 0.375. The molecule has 3 aliphatic rings. The van der Waals surface area contributed by atoms with Crippen LogP contribution in [0.2, 0.25) is 0 Å². The van der Waals surface area contributed by atoms with Gasteiger partial charge in [-0.3, -0.25) is 0 Å². The van der Waals surface area contributed by atoms with Crippen LogP contribution in [0.1, 0.15) is 203 Å². The standard InChI is InChI=1S/C56H72N4P2/c1-33(2)41-21-17-22-42(34(3)4)49(41)57-29-30-58(50-43(35(5)6)23-18-24-44(50)36(7)8)53(57)55-61-56(62-55)54-59(51-45(37(9)10)25-19-26-46(51)38(11)12)31-32-60(54)52-47(39(13)14)27-20-28-48(52)40(15)16/h17-40H,1-16H3. The summed E-state index contributed by atoms with van der Waals surface area (Å²) in [5.41, 5.74) is 16.5. The molecule has 0 aliphatic carbocycles. The quantitative estimate of drug-likeness (QED) is 0.132. The monoisotopic (exact) mass is 863 g/mol. The third kappa shape index (κ3) is 8.37. The second kappa shape index (κ2) is 18.6. The second-order valence-electron chi connectivity index (χ2n) is 20.0. The Kier molecular flexibility index (Phi) is 13.7. The van der Waals surface area contributed by atoms with Gasteiger partial charge in [-0.25, -0.2) is 0 Å². The lowest BCUT2D eigenvalue weighted by atomic mass is 9.91. The maximum absolute atomic E-state index is 2.57. The van der Waals surface area contributed by atoms with E-state index in [0.717, 1.165) is 0 Å². The van der Waals surface area contributed by atoms with Crippen molar-refractivity contribution < 1.29 is 0 Å². The smallest absolute Gasteiger partial charge is 0.131 e. The van der Waals surface area contributed by atoms with Gasteiger partial charge in [0.15, 0.2) is 0 Å². The summed E-state index contributed by atoms with van der Waals surface area (Å²) in [7, 11) is 2.50. The minimum atomic E-state index is 0.375. The Bertz CT molecular complexity index is 1990. The molecular weight excluding hydrogens is 791 g/mol. The van der Waals surface area contributed by atoms with Crippen molar-refractivity contribution in [2.45, 2.75) is 158 Å². The largest absolute Gasteiger partial charge is 0.300 e. The molecule has 7 rings (SSSR count). The van der Waals surface area contributed by atoms with Crippen LogP contribution in [0.15, 0.2) is 119 Å². The molecule has 62 heavy (non-hydrogen) atoms. The van der Waals surface area contributed by atoms with Crippen molar-refractivity contribution in [1.82, 2.24) is 0 Å². The van der Waals surface area contributed by atoms with Gasteiger partial charge in [0, 0.05) is 52.1 Å². The summed E-state index contributed by atoms with van der Waals surface area (Å²) < 4.78 is 0. The van der Waals surface area contributed by atoms with Gasteiger partial charge in [0.05, 0.1) is 22.7 Å². The van der Waals surface area contributed by atoms with Crippen LogP contribution < -0.4 is 19.6 Å². The van der Waals surface area contributed by atoms with E-state index >= 15 is 0 Å². The van der Waals surface area contributed by atoms with Crippen LogP contribution in [-0.4, -0.2) is 0 Å². The highest BCUT2D eigenvalue weighted by atomic mass is 31.2. The summed E-state index contributed by atoms with van der Waals surface area (Å²) in [6.45, 7) is 37.5. The molecule has 3 heterocycles. The van der Waals surface area contributed by atoms with E-state index in [9.17, 15) is 0 Å². The molecule has 0 unspecified atom stereocenters. The van der Waals surface area contributed by atoms with E-state index in [1.165, 1.54) is 106 Å². The Labute approximate surface area is 379 Å². The predicted octanol–water partition coefficient (Wildman–Crippen LogP) is 18.1. The first-order valence-electron chi connectivity index (χ1n) is 23.4. The molecule has 6 heteroatoms. The molecule has 3 aliphatic heterocycles. The van der Waals surface area contributed by atoms with Crippen molar-refractivity contribution in [2.75, 3.05) is 19.6 Å². The van der Waals surface area contributed by atoms with Crippen LogP contribution >= 0.6 is 17.2 Å². The van der Waals surface area contributed by atoms with Gasteiger partial charge in [0.1, 0.15) is 11.6 Å². The molecule has 0 amide bonds. The predicted molar refractivity (Wildman–Crippen MR) is 275 cm³/mol. The van der Waals surface area contributed by atoms with Gasteiger partial charge in [-0.15, -0.1) is 0 Å². The zero-order chi connectivity index (χ0) is 44.9. The van der Waals surface area contributed by atoms with Gasteiger partial charge in [-0.05, 0) is 91.9 Å². The Hall–Kier alpha value is -4.10. The van der Waals surface area contributed by atoms with Crippen LogP contribution in [0.5, 0.6) is 0 Å². The molecule has 2 radical (unpaired) electrons. The maximum Gasteiger partial charge on any atom is 0.131 e. The molecule has 1 saturated heterocycles. The van der Waals surface area contributed by atoms with Crippen LogP contribution in [0.4, 0.5) is 22.7 Å². The van der Waals surface area contributed by atoms with Gasteiger partial charge in [-0.2, -0.15) is 0 Å². The summed E-state index contributed by atoms with van der Waals surface area (Å²) in [5.74, 6) is 5.56. The molecule has 0 spiro atoms. The lowest BCUT2D eigenvalue weighted by Crippen LogP contribution is -2.29. The fourth-order valence-electron chi connectivity index (χ4n) is 9.50. The normalized spacial score (nSPS) is 16.5.